The summed E-state index contributed by atoms with van der Waals surface area (Å²) in [7, 11) is 0.964. The highest BCUT2D eigenvalue weighted by Gasteiger charge is 2.31. The Morgan fingerprint density at radius 1 is 1.31 bits per heavy atom. The molecule has 16 heavy (non-hydrogen) atoms. The fourth-order valence-corrected chi connectivity index (χ4v) is 3.84. The van der Waals surface area contributed by atoms with E-state index in [1.807, 2.05) is 21.0 Å². The standard InChI is InChI=1S/C11H24N2O2S/c1-4-5-9-16(14,15)12-10-7-6-8-11(10)13(2)3/h10-12H,4-9H2,1-3H3/t10-,11-/m1/s1. The van der Waals surface area contributed by atoms with E-state index in [-0.39, 0.29) is 11.8 Å². The fourth-order valence-electron chi connectivity index (χ4n) is 2.32. The molecule has 0 heterocycles. The highest BCUT2D eigenvalue weighted by atomic mass is 32.2. The maximum Gasteiger partial charge on any atom is 0.211 e. The molecule has 1 N–H and O–H groups in total. The molecular formula is C11H24N2O2S. The third-order valence-corrected chi connectivity index (χ3v) is 4.73. The zero-order chi connectivity index (χ0) is 12.2. The third kappa shape index (κ3) is 4.03. The van der Waals surface area contributed by atoms with Crippen LogP contribution < -0.4 is 4.72 Å². The van der Waals surface area contributed by atoms with Gasteiger partial charge in [-0.2, -0.15) is 0 Å². The van der Waals surface area contributed by atoms with Gasteiger partial charge in [0.1, 0.15) is 0 Å². The van der Waals surface area contributed by atoms with Crippen LogP contribution in [0.5, 0.6) is 0 Å². The molecule has 1 aliphatic carbocycles. The molecule has 1 fully saturated rings. The molecule has 0 spiro atoms. The summed E-state index contributed by atoms with van der Waals surface area (Å²) in [6.07, 6.45) is 4.84. The molecule has 5 heteroatoms. The number of nitrogens with zero attached hydrogens (tertiary/aromatic N) is 1. The minimum Gasteiger partial charge on any atom is -0.305 e. The maximum atomic E-state index is 11.8. The van der Waals surface area contributed by atoms with E-state index in [1.54, 1.807) is 0 Å². The number of likely N-dealkylation sites (N-methyl/N-ethyl adjacent to an activating group) is 1. The van der Waals surface area contributed by atoms with E-state index in [0.29, 0.717) is 6.04 Å². The average molecular weight is 248 g/mol. The largest absolute Gasteiger partial charge is 0.305 e. The van der Waals surface area contributed by atoms with Gasteiger partial charge in [0.25, 0.3) is 0 Å². The lowest BCUT2D eigenvalue weighted by molar-refractivity contribution is 0.267. The topological polar surface area (TPSA) is 49.4 Å². The molecule has 1 aliphatic rings. The molecule has 1 rings (SSSR count). The van der Waals surface area contributed by atoms with Gasteiger partial charge >= 0.3 is 0 Å². The lowest BCUT2D eigenvalue weighted by Gasteiger charge is -2.26. The second kappa shape index (κ2) is 5.98. The van der Waals surface area contributed by atoms with Crippen LogP contribution in [-0.4, -0.2) is 45.2 Å². The summed E-state index contributed by atoms with van der Waals surface area (Å²) in [6, 6.07) is 0.466. The summed E-state index contributed by atoms with van der Waals surface area (Å²) in [5.41, 5.74) is 0. The number of sulfonamides is 1. The number of unbranched alkanes of at least 4 members (excludes halogenated alkanes) is 1. The summed E-state index contributed by atoms with van der Waals surface area (Å²) < 4.78 is 26.4. The van der Waals surface area contributed by atoms with Crippen LogP contribution in [0.4, 0.5) is 0 Å². The van der Waals surface area contributed by atoms with Crippen LogP contribution in [0.3, 0.4) is 0 Å². The molecule has 0 aromatic rings. The van der Waals surface area contributed by atoms with Crippen molar-refractivity contribution in [1.82, 2.24) is 9.62 Å². The van der Waals surface area contributed by atoms with Gasteiger partial charge in [-0.05, 0) is 33.4 Å². The number of hydrogen-bond donors (Lipinski definition) is 1. The second-order valence-corrected chi connectivity index (χ2v) is 6.73. The van der Waals surface area contributed by atoms with Gasteiger partial charge in [-0.1, -0.05) is 19.8 Å². The first kappa shape index (κ1) is 13.9. The van der Waals surface area contributed by atoms with E-state index in [9.17, 15) is 8.42 Å². The van der Waals surface area contributed by atoms with Crippen molar-refractivity contribution in [2.75, 3.05) is 19.8 Å². The van der Waals surface area contributed by atoms with E-state index in [2.05, 4.69) is 9.62 Å². The van der Waals surface area contributed by atoms with Gasteiger partial charge in [-0.3, -0.25) is 0 Å². The number of hydrogen-bond acceptors (Lipinski definition) is 3. The second-order valence-electron chi connectivity index (χ2n) is 4.86. The van der Waals surface area contributed by atoms with Gasteiger partial charge in [0, 0.05) is 12.1 Å². The molecule has 0 aliphatic heterocycles. The van der Waals surface area contributed by atoms with Crippen LogP contribution in [0, 0.1) is 0 Å². The summed E-state index contributed by atoms with van der Waals surface area (Å²) in [4.78, 5) is 2.13. The van der Waals surface area contributed by atoms with E-state index in [4.69, 9.17) is 0 Å². The highest BCUT2D eigenvalue weighted by Crippen LogP contribution is 2.23. The van der Waals surface area contributed by atoms with E-state index < -0.39 is 10.0 Å². The highest BCUT2D eigenvalue weighted by molar-refractivity contribution is 7.89. The fraction of sp³-hybridized carbons (Fsp3) is 1.00. The van der Waals surface area contributed by atoms with Crippen molar-refractivity contribution in [2.24, 2.45) is 0 Å². The van der Waals surface area contributed by atoms with Crippen LogP contribution in [0.2, 0.25) is 0 Å². The zero-order valence-electron chi connectivity index (χ0n) is 10.6. The quantitative estimate of drug-likeness (QED) is 0.768. The molecule has 0 unspecified atom stereocenters. The van der Waals surface area contributed by atoms with Crippen molar-refractivity contribution >= 4 is 10.0 Å². The summed E-state index contributed by atoms with van der Waals surface area (Å²) >= 11 is 0. The van der Waals surface area contributed by atoms with Crippen molar-refractivity contribution in [2.45, 2.75) is 51.1 Å². The molecule has 96 valence electrons. The maximum absolute atomic E-state index is 11.8. The van der Waals surface area contributed by atoms with Crippen LogP contribution in [0.15, 0.2) is 0 Å². The van der Waals surface area contributed by atoms with E-state index in [0.717, 1.165) is 32.1 Å². The molecule has 0 saturated heterocycles. The summed E-state index contributed by atoms with van der Waals surface area (Å²) in [5.74, 6) is 0.264. The van der Waals surface area contributed by atoms with Gasteiger partial charge in [0.05, 0.1) is 5.75 Å². The molecular weight excluding hydrogens is 224 g/mol. The first-order valence-corrected chi connectivity index (χ1v) is 7.78. The molecule has 2 atom stereocenters. The van der Waals surface area contributed by atoms with E-state index in [1.165, 1.54) is 0 Å². The minimum atomic E-state index is -3.07. The van der Waals surface area contributed by atoms with Crippen LogP contribution in [0.25, 0.3) is 0 Å². The lowest BCUT2D eigenvalue weighted by Crippen LogP contribution is -2.46. The molecule has 0 radical (unpaired) electrons. The van der Waals surface area contributed by atoms with Gasteiger partial charge in [0.2, 0.25) is 10.0 Å². The Kier molecular flexibility index (Phi) is 5.21. The van der Waals surface area contributed by atoms with Crippen molar-refractivity contribution < 1.29 is 8.42 Å². The number of nitrogens with one attached hydrogen (secondary N) is 1. The Bertz CT molecular complexity index is 301. The van der Waals surface area contributed by atoms with Crippen LogP contribution in [-0.2, 0) is 10.0 Å². The molecule has 0 aromatic heterocycles. The minimum absolute atomic E-state index is 0.108. The van der Waals surface area contributed by atoms with E-state index >= 15 is 0 Å². The SMILES string of the molecule is CCCCS(=O)(=O)N[C@@H]1CCC[C@H]1N(C)C. The monoisotopic (exact) mass is 248 g/mol. The van der Waals surface area contributed by atoms with Crippen molar-refractivity contribution in [3.63, 3.8) is 0 Å². The summed E-state index contributed by atoms with van der Waals surface area (Å²) in [5, 5.41) is 0. The van der Waals surface area contributed by atoms with Gasteiger partial charge in [-0.15, -0.1) is 0 Å². The van der Waals surface area contributed by atoms with Gasteiger partial charge in [0.15, 0.2) is 0 Å². The Balaban J connectivity index is 2.52. The molecule has 1 saturated carbocycles. The van der Waals surface area contributed by atoms with Crippen molar-refractivity contribution in [3.8, 4) is 0 Å². The Hall–Kier alpha value is -0.130. The molecule has 0 aromatic carbocycles. The normalized spacial score (nSPS) is 26.5. The van der Waals surface area contributed by atoms with Crippen molar-refractivity contribution in [3.05, 3.63) is 0 Å². The first-order valence-electron chi connectivity index (χ1n) is 6.12. The predicted molar refractivity (Wildman–Crippen MR) is 66.9 cm³/mol. The lowest BCUT2D eigenvalue weighted by atomic mass is 10.2. The summed E-state index contributed by atoms with van der Waals surface area (Å²) in [6.45, 7) is 2.01. The van der Waals surface area contributed by atoms with Gasteiger partial charge < -0.3 is 4.90 Å². The zero-order valence-corrected chi connectivity index (χ0v) is 11.4. The van der Waals surface area contributed by atoms with Gasteiger partial charge in [-0.25, -0.2) is 13.1 Å². The Labute approximate surface area is 99.5 Å². The Morgan fingerprint density at radius 3 is 2.56 bits per heavy atom. The van der Waals surface area contributed by atoms with Crippen LogP contribution in [0.1, 0.15) is 39.0 Å². The molecule has 0 bridgehead atoms. The third-order valence-electron chi connectivity index (χ3n) is 3.24. The van der Waals surface area contributed by atoms with Crippen LogP contribution >= 0.6 is 0 Å². The average Bonchev–Trinajstić information content (AvgIpc) is 2.62. The predicted octanol–water partition coefficient (Wildman–Crippen LogP) is 1.19. The molecule has 0 amide bonds. The Morgan fingerprint density at radius 2 is 2.00 bits per heavy atom. The smallest absolute Gasteiger partial charge is 0.211 e. The van der Waals surface area contributed by atoms with Crippen molar-refractivity contribution in [1.29, 1.82) is 0 Å². The molecule has 4 nitrogen and oxygen atoms in total. The number of rotatable bonds is 6. The first-order chi connectivity index (χ1) is 7.46.